The normalized spacial score (nSPS) is 10.6. The fraction of sp³-hybridized carbons (Fsp3) is 0.417. The highest BCUT2D eigenvalue weighted by Gasteiger charge is 2.10. The molecule has 0 unspecified atom stereocenters. The van der Waals surface area contributed by atoms with Crippen LogP contribution in [-0.2, 0) is 13.0 Å². The summed E-state index contributed by atoms with van der Waals surface area (Å²) in [7, 11) is 0. The first-order valence-corrected chi connectivity index (χ1v) is 5.45. The molecular weight excluding hydrogens is 200 g/mol. The second kappa shape index (κ2) is 4.31. The fourth-order valence-corrected chi connectivity index (χ4v) is 1.81. The number of aromatic nitrogens is 3. The van der Waals surface area contributed by atoms with Gasteiger partial charge < -0.3 is 0 Å². The zero-order chi connectivity index (χ0) is 11.5. The fourth-order valence-electron chi connectivity index (χ4n) is 1.81. The van der Waals surface area contributed by atoms with Crippen molar-refractivity contribution in [2.24, 2.45) is 0 Å². The molecule has 82 valence electrons. The molecule has 0 bridgehead atoms. The van der Waals surface area contributed by atoms with E-state index in [1.54, 1.807) is 0 Å². The topological polar surface area (TPSA) is 54.5 Å². The molecule has 2 aromatic heterocycles. The van der Waals surface area contributed by atoms with Gasteiger partial charge in [-0.1, -0.05) is 6.92 Å². The average molecular weight is 214 g/mol. The van der Waals surface area contributed by atoms with E-state index in [1.807, 2.05) is 23.8 Å². The minimum atomic E-state index is 0.321. The van der Waals surface area contributed by atoms with Gasteiger partial charge in [0.1, 0.15) is 17.9 Å². The SMILES string of the molecule is CCCc1nc2cc(C)cnc2n1CC#N. The van der Waals surface area contributed by atoms with E-state index in [1.165, 1.54) is 0 Å². The highest BCUT2D eigenvalue weighted by Crippen LogP contribution is 2.16. The van der Waals surface area contributed by atoms with Gasteiger partial charge in [-0.25, -0.2) is 9.97 Å². The van der Waals surface area contributed by atoms with E-state index in [4.69, 9.17) is 5.26 Å². The molecule has 0 aliphatic rings. The third-order valence-corrected chi connectivity index (χ3v) is 2.50. The van der Waals surface area contributed by atoms with E-state index in [0.29, 0.717) is 6.54 Å². The van der Waals surface area contributed by atoms with Crippen molar-refractivity contribution in [3.05, 3.63) is 23.7 Å². The van der Waals surface area contributed by atoms with E-state index in [9.17, 15) is 0 Å². The second-order valence-electron chi connectivity index (χ2n) is 3.88. The van der Waals surface area contributed by atoms with Crippen molar-refractivity contribution in [1.82, 2.24) is 14.5 Å². The molecule has 0 saturated carbocycles. The van der Waals surface area contributed by atoms with E-state index in [-0.39, 0.29) is 0 Å². The maximum atomic E-state index is 8.82. The number of pyridine rings is 1. The lowest BCUT2D eigenvalue weighted by atomic mass is 10.3. The molecule has 4 nitrogen and oxygen atoms in total. The highest BCUT2D eigenvalue weighted by molar-refractivity contribution is 5.72. The molecule has 0 aliphatic carbocycles. The smallest absolute Gasteiger partial charge is 0.160 e. The molecule has 0 aromatic carbocycles. The molecule has 0 N–H and O–H groups in total. The molecule has 0 fully saturated rings. The number of hydrogen-bond donors (Lipinski definition) is 0. The van der Waals surface area contributed by atoms with Gasteiger partial charge in [0.25, 0.3) is 0 Å². The van der Waals surface area contributed by atoms with Crippen molar-refractivity contribution in [2.75, 3.05) is 0 Å². The summed E-state index contributed by atoms with van der Waals surface area (Å²) in [6.45, 7) is 4.42. The Bertz CT molecular complexity index is 548. The van der Waals surface area contributed by atoms with Crippen LogP contribution in [0.1, 0.15) is 24.7 Å². The Labute approximate surface area is 94.6 Å². The van der Waals surface area contributed by atoms with Crippen LogP contribution in [0, 0.1) is 18.3 Å². The molecular formula is C12H14N4. The quantitative estimate of drug-likeness (QED) is 0.787. The number of rotatable bonds is 3. The van der Waals surface area contributed by atoms with Crippen molar-refractivity contribution in [1.29, 1.82) is 5.26 Å². The second-order valence-corrected chi connectivity index (χ2v) is 3.88. The molecule has 0 spiro atoms. The molecule has 0 saturated heterocycles. The molecule has 0 aliphatic heterocycles. The van der Waals surface area contributed by atoms with Crippen LogP contribution in [0.15, 0.2) is 12.3 Å². The summed E-state index contributed by atoms with van der Waals surface area (Å²) in [5.74, 6) is 0.956. The highest BCUT2D eigenvalue weighted by atomic mass is 15.1. The Morgan fingerprint density at radius 3 is 3.00 bits per heavy atom. The van der Waals surface area contributed by atoms with Crippen LogP contribution in [0.4, 0.5) is 0 Å². The van der Waals surface area contributed by atoms with Crippen LogP contribution >= 0.6 is 0 Å². The number of nitrogens with zero attached hydrogens (tertiary/aromatic N) is 4. The predicted molar refractivity (Wildman–Crippen MR) is 61.9 cm³/mol. The van der Waals surface area contributed by atoms with Crippen LogP contribution in [0.2, 0.25) is 0 Å². The van der Waals surface area contributed by atoms with Crippen LogP contribution < -0.4 is 0 Å². The first kappa shape index (κ1) is 10.6. The Morgan fingerprint density at radius 2 is 2.31 bits per heavy atom. The number of nitriles is 1. The van der Waals surface area contributed by atoms with E-state index < -0.39 is 0 Å². The van der Waals surface area contributed by atoms with Crippen LogP contribution in [0.3, 0.4) is 0 Å². The summed E-state index contributed by atoms with van der Waals surface area (Å²) in [6.07, 6.45) is 3.72. The molecule has 16 heavy (non-hydrogen) atoms. The Hall–Kier alpha value is -1.89. The van der Waals surface area contributed by atoms with Gasteiger partial charge in [-0.2, -0.15) is 5.26 Å². The summed E-state index contributed by atoms with van der Waals surface area (Å²) < 4.78 is 1.90. The summed E-state index contributed by atoms with van der Waals surface area (Å²) >= 11 is 0. The van der Waals surface area contributed by atoms with Gasteiger partial charge >= 0.3 is 0 Å². The van der Waals surface area contributed by atoms with Crippen LogP contribution in [0.5, 0.6) is 0 Å². The minimum absolute atomic E-state index is 0.321. The average Bonchev–Trinajstić information content (AvgIpc) is 2.57. The standard InChI is InChI=1S/C12H14N4/c1-3-4-11-15-10-7-9(2)8-14-12(10)16(11)6-5-13/h7-8H,3-4,6H2,1-2H3. The molecule has 2 aromatic rings. The van der Waals surface area contributed by atoms with Crippen molar-refractivity contribution in [2.45, 2.75) is 33.2 Å². The monoisotopic (exact) mass is 214 g/mol. The third-order valence-electron chi connectivity index (χ3n) is 2.50. The first-order valence-electron chi connectivity index (χ1n) is 5.45. The van der Waals surface area contributed by atoms with Gasteiger partial charge in [-0.3, -0.25) is 4.57 Å². The third kappa shape index (κ3) is 1.76. The molecule has 0 radical (unpaired) electrons. The molecule has 4 heteroatoms. The zero-order valence-electron chi connectivity index (χ0n) is 9.56. The van der Waals surface area contributed by atoms with E-state index in [2.05, 4.69) is 23.0 Å². The first-order chi connectivity index (χ1) is 7.76. The molecule has 2 heterocycles. The lowest BCUT2D eigenvalue weighted by molar-refractivity contribution is 0.733. The maximum absolute atomic E-state index is 8.82. The lowest BCUT2D eigenvalue weighted by Crippen LogP contribution is -2.03. The number of imidazole rings is 1. The van der Waals surface area contributed by atoms with Crippen molar-refractivity contribution in [3.63, 3.8) is 0 Å². The van der Waals surface area contributed by atoms with Crippen molar-refractivity contribution >= 4 is 11.2 Å². The Kier molecular flexibility index (Phi) is 2.86. The van der Waals surface area contributed by atoms with Gasteiger partial charge in [0.2, 0.25) is 0 Å². The summed E-state index contributed by atoms with van der Waals surface area (Å²) in [5.41, 5.74) is 2.80. The molecule has 2 rings (SSSR count). The lowest BCUT2D eigenvalue weighted by Gasteiger charge is -2.01. The van der Waals surface area contributed by atoms with Crippen molar-refractivity contribution < 1.29 is 0 Å². The largest absolute Gasteiger partial charge is 0.299 e. The van der Waals surface area contributed by atoms with Crippen LogP contribution in [0.25, 0.3) is 11.2 Å². The number of fused-ring (bicyclic) bond motifs is 1. The molecule has 0 atom stereocenters. The zero-order valence-corrected chi connectivity index (χ0v) is 9.56. The number of aryl methyl sites for hydroxylation is 2. The molecule has 0 amide bonds. The Morgan fingerprint density at radius 1 is 1.50 bits per heavy atom. The maximum Gasteiger partial charge on any atom is 0.160 e. The van der Waals surface area contributed by atoms with Gasteiger partial charge in [-0.15, -0.1) is 0 Å². The van der Waals surface area contributed by atoms with Crippen LogP contribution in [-0.4, -0.2) is 14.5 Å². The number of hydrogen-bond acceptors (Lipinski definition) is 3. The van der Waals surface area contributed by atoms with Crippen molar-refractivity contribution in [3.8, 4) is 6.07 Å². The summed E-state index contributed by atoms with van der Waals surface area (Å²) in [4.78, 5) is 8.88. The van der Waals surface area contributed by atoms with Gasteiger partial charge in [0.15, 0.2) is 5.65 Å². The van der Waals surface area contributed by atoms with E-state index in [0.717, 1.165) is 35.4 Å². The van der Waals surface area contributed by atoms with Gasteiger partial charge in [0, 0.05) is 12.6 Å². The summed E-state index contributed by atoms with van der Waals surface area (Å²) in [5, 5.41) is 8.82. The van der Waals surface area contributed by atoms with E-state index >= 15 is 0 Å². The summed E-state index contributed by atoms with van der Waals surface area (Å²) in [6, 6.07) is 4.17. The van der Waals surface area contributed by atoms with Gasteiger partial charge in [-0.05, 0) is 25.0 Å². The predicted octanol–water partition coefficient (Wildman–Crippen LogP) is 2.22. The van der Waals surface area contributed by atoms with Gasteiger partial charge in [0.05, 0.1) is 6.07 Å². The Balaban J connectivity index is 2.61. The minimum Gasteiger partial charge on any atom is -0.299 e.